The molecular weight excluding hydrogens is 205 g/mol. The average molecular weight is 218 g/mol. The summed E-state index contributed by atoms with van der Waals surface area (Å²) in [5.74, 6) is 0. The molecule has 1 fully saturated rings. The molecule has 1 N–H and O–H groups in total. The van der Waals surface area contributed by atoms with Gasteiger partial charge in [-0.05, 0) is 37.6 Å². The van der Waals surface area contributed by atoms with Crippen LogP contribution in [0.2, 0.25) is 5.02 Å². The fourth-order valence-corrected chi connectivity index (χ4v) is 1.78. The minimum atomic E-state index is 0. The summed E-state index contributed by atoms with van der Waals surface area (Å²) in [6.07, 6.45) is 2.45. The first-order valence-electron chi connectivity index (χ1n) is 4.22. The van der Waals surface area contributed by atoms with Crippen molar-refractivity contribution in [2.45, 2.75) is 18.4 Å². The first kappa shape index (κ1) is 10.8. The molecule has 13 heavy (non-hydrogen) atoms. The molecule has 1 saturated carbocycles. The molecule has 1 aromatic carbocycles. The Balaban J connectivity index is 0.000000845. The van der Waals surface area contributed by atoms with E-state index in [1.165, 1.54) is 18.4 Å². The third-order valence-corrected chi connectivity index (χ3v) is 2.84. The second-order valence-electron chi connectivity index (χ2n) is 3.34. The number of hydrogen-bond acceptors (Lipinski definition) is 1. The zero-order valence-corrected chi connectivity index (χ0v) is 9.08. The van der Waals surface area contributed by atoms with Gasteiger partial charge in [0, 0.05) is 10.6 Å². The van der Waals surface area contributed by atoms with Crippen molar-refractivity contribution >= 4 is 24.0 Å². The standard InChI is InChI=1S/C10H12ClN.ClH/c1-12-10(5-6-10)8-3-2-4-9(11)7-8;/h2-4,7,12H,5-6H2,1H3;1H. The molecule has 0 saturated heterocycles. The van der Waals surface area contributed by atoms with Crippen molar-refractivity contribution < 1.29 is 0 Å². The smallest absolute Gasteiger partial charge is 0.0434 e. The van der Waals surface area contributed by atoms with Crippen molar-refractivity contribution in [3.8, 4) is 0 Å². The Labute approximate surface area is 89.9 Å². The van der Waals surface area contributed by atoms with Gasteiger partial charge in [0.1, 0.15) is 0 Å². The number of hydrogen-bond donors (Lipinski definition) is 1. The minimum Gasteiger partial charge on any atom is -0.310 e. The van der Waals surface area contributed by atoms with E-state index in [2.05, 4.69) is 11.4 Å². The highest BCUT2D eigenvalue weighted by Crippen LogP contribution is 2.45. The second kappa shape index (κ2) is 3.87. The molecule has 0 atom stereocenters. The largest absolute Gasteiger partial charge is 0.310 e. The maximum Gasteiger partial charge on any atom is 0.0434 e. The van der Waals surface area contributed by atoms with Crippen molar-refractivity contribution in [3.63, 3.8) is 0 Å². The summed E-state index contributed by atoms with van der Waals surface area (Å²) in [5.41, 5.74) is 1.56. The summed E-state index contributed by atoms with van der Waals surface area (Å²) in [7, 11) is 2.01. The number of benzene rings is 1. The Morgan fingerprint density at radius 1 is 1.38 bits per heavy atom. The monoisotopic (exact) mass is 217 g/mol. The van der Waals surface area contributed by atoms with E-state index in [0.717, 1.165) is 5.02 Å². The van der Waals surface area contributed by atoms with Gasteiger partial charge >= 0.3 is 0 Å². The van der Waals surface area contributed by atoms with Gasteiger partial charge in [-0.3, -0.25) is 0 Å². The van der Waals surface area contributed by atoms with E-state index in [-0.39, 0.29) is 17.9 Å². The molecule has 0 spiro atoms. The molecule has 1 aromatic rings. The van der Waals surface area contributed by atoms with Gasteiger partial charge in [-0.25, -0.2) is 0 Å². The fourth-order valence-electron chi connectivity index (χ4n) is 1.59. The van der Waals surface area contributed by atoms with Crippen molar-refractivity contribution in [1.82, 2.24) is 5.32 Å². The Kier molecular flexibility index (Phi) is 3.23. The SMILES string of the molecule is CNC1(c2cccc(Cl)c2)CC1.Cl. The van der Waals surface area contributed by atoms with E-state index in [9.17, 15) is 0 Å². The molecule has 1 nitrogen and oxygen atoms in total. The molecular formula is C10H13Cl2N. The van der Waals surface area contributed by atoms with Crippen LogP contribution in [0.4, 0.5) is 0 Å². The van der Waals surface area contributed by atoms with Gasteiger partial charge in [-0.2, -0.15) is 0 Å². The van der Waals surface area contributed by atoms with Gasteiger partial charge in [0.25, 0.3) is 0 Å². The lowest BCUT2D eigenvalue weighted by Gasteiger charge is -2.14. The molecule has 0 radical (unpaired) electrons. The van der Waals surface area contributed by atoms with Crippen molar-refractivity contribution in [2.24, 2.45) is 0 Å². The van der Waals surface area contributed by atoms with Crippen LogP contribution in [0.5, 0.6) is 0 Å². The lowest BCUT2D eigenvalue weighted by atomic mass is 10.1. The van der Waals surface area contributed by atoms with E-state index in [1.54, 1.807) is 0 Å². The number of halogens is 2. The van der Waals surface area contributed by atoms with E-state index in [4.69, 9.17) is 11.6 Å². The predicted molar refractivity (Wildman–Crippen MR) is 58.7 cm³/mol. The first-order chi connectivity index (χ1) is 5.77. The molecule has 1 aliphatic rings. The fraction of sp³-hybridized carbons (Fsp3) is 0.400. The molecule has 0 amide bonds. The highest BCUT2D eigenvalue weighted by molar-refractivity contribution is 6.30. The summed E-state index contributed by atoms with van der Waals surface area (Å²) in [5, 5.41) is 4.17. The van der Waals surface area contributed by atoms with Gasteiger partial charge < -0.3 is 5.32 Å². The third kappa shape index (κ3) is 1.98. The third-order valence-electron chi connectivity index (χ3n) is 2.61. The molecule has 2 rings (SSSR count). The van der Waals surface area contributed by atoms with Gasteiger partial charge in [0.2, 0.25) is 0 Å². The van der Waals surface area contributed by atoms with Crippen LogP contribution >= 0.6 is 24.0 Å². The van der Waals surface area contributed by atoms with Gasteiger partial charge in [-0.15, -0.1) is 12.4 Å². The molecule has 3 heteroatoms. The summed E-state index contributed by atoms with van der Waals surface area (Å²) in [6.45, 7) is 0. The Morgan fingerprint density at radius 2 is 2.08 bits per heavy atom. The first-order valence-corrected chi connectivity index (χ1v) is 4.60. The van der Waals surface area contributed by atoms with Crippen molar-refractivity contribution in [1.29, 1.82) is 0 Å². The van der Waals surface area contributed by atoms with Crippen LogP contribution in [-0.4, -0.2) is 7.05 Å². The lowest BCUT2D eigenvalue weighted by Crippen LogP contribution is -2.24. The zero-order valence-electron chi connectivity index (χ0n) is 7.51. The quantitative estimate of drug-likeness (QED) is 0.804. The Bertz CT molecular complexity index is 295. The minimum absolute atomic E-state index is 0. The highest BCUT2D eigenvalue weighted by Gasteiger charge is 2.42. The second-order valence-corrected chi connectivity index (χ2v) is 3.78. The number of nitrogens with one attached hydrogen (secondary N) is 1. The van der Waals surface area contributed by atoms with E-state index < -0.39 is 0 Å². The number of rotatable bonds is 2. The topological polar surface area (TPSA) is 12.0 Å². The summed E-state index contributed by atoms with van der Waals surface area (Å²) in [6, 6.07) is 8.10. The van der Waals surface area contributed by atoms with Crippen LogP contribution in [0.15, 0.2) is 24.3 Å². The molecule has 72 valence electrons. The Morgan fingerprint density at radius 3 is 2.54 bits per heavy atom. The molecule has 0 bridgehead atoms. The normalized spacial score (nSPS) is 17.7. The summed E-state index contributed by atoms with van der Waals surface area (Å²) in [4.78, 5) is 0. The molecule has 0 unspecified atom stereocenters. The summed E-state index contributed by atoms with van der Waals surface area (Å²) < 4.78 is 0. The molecule has 0 aliphatic heterocycles. The highest BCUT2D eigenvalue weighted by atomic mass is 35.5. The van der Waals surface area contributed by atoms with Gasteiger partial charge in [0.05, 0.1) is 0 Å². The van der Waals surface area contributed by atoms with Crippen LogP contribution in [-0.2, 0) is 5.54 Å². The summed E-state index contributed by atoms with van der Waals surface area (Å²) >= 11 is 5.91. The maximum absolute atomic E-state index is 5.91. The van der Waals surface area contributed by atoms with Crippen LogP contribution in [0.25, 0.3) is 0 Å². The molecule has 0 aromatic heterocycles. The van der Waals surface area contributed by atoms with E-state index in [1.807, 2.05) is 25.2 Å². The lowest BCUT2D eigenvalue weighted by molar-refractivity contribution is 0.586. The van der Waals surface area contributed by atoms with Crippen LogP contribution in [0.1, 0.15) is 18.4 Å². The Hall–Kier alpha value is -0.240. The van der Waals surface area contributed by atoms with Crippen molar-refractivity contribution in [3.05, 3.63) is 34.9 Å². The van der Waals surface area contributed by atoms with Gasteiger partial charge in [0.15, 0.2) is 0 Å². The van der Waals surface area contributed by atoms with Crippen LogP contribution in [0.3, 0.4) is 0 Å². The van der Waals surface area contributed by atoms with Crippen LogP contribution < -0.4 is 5.32 Å². The van der Waals surface area contributed by atoms with E-state index >= 15 is 0 Å². The van der Waals surface area contributed by atoms with Crippen molar-refractivity contribution in [2.75, 3.05) is 7.05 Å². The zero-order chi connectivity index (χ0) is 8.60. The predicted octanol–water partition coefficient (Wildman–Crippen LogP) is 2.97. The molecule has 0 heterocycles. The van der Waals surface area contributed by atoms with E-state index in [0.29, 0.717) is 0 Å². The molecule has 1 aliphatic carbocycles. The maximum atomic E-state index is 5.91. The average Bonchev–Trinajstić information content (AvgIpc) is 2.84. The van der Waals surface area contributed by atoms with Gasteiger partial charge in [-0.1, -0.05) is 23.7 Å². The van der Waals surface area contributed by atoms with Crippen LogP contribution in [0, 0.1) is 0 Å².